The molecule has 0 atom stereocenters. The minimum atomic E-state index is 0.520. The fourth-order valence-corrected chi connectivity index (χ4v) is 3.84. The maximum absolute atomic E-state index is 6.05. The molecule has 36 heavy (non-hydrogen) atoms. The molecule has 0 unspecified atom stereocenters. The average Bonchev–Trinajstić information content (AvgIpc) is 2.91. The van der Waals surface area contributed by atoms with E-state index in [0.29, 0.717) is 5.82 Å². The summed E-state index contributed by atoms with van der Waals surface area (Å²) in [6.45, 7) is 16.9. The summed E-state index contributed by atoms with van der Waals surface area (Å²) in [4.78, 5) is 9.12. The highest BCUT2D eigenvalue weighted by atomic mass is 14.9. The number of hydrogen-bond donors (Lipinski definition) is 2. The number of nitrogens with one attached hydrogen (secondary N) is 1. The smallest absolute Gasteiger partial charge is 0.150 e. The number of rotatable bonds is 11. The summed E-state index contributed by atoms with van der Waals surface area (Å²) in [7, 11) is 0. The second-order valence-electron chi connectivity index (χ2n) is 8.99. The van der Waals surface area contributed by atoms with Crippen LogP contribution >= 0.6 is 0 Å². The van der Waals surface area contributed by atoms with Gasteiger partial charge in [0.05, 0.1) is 5.52 Å². The zero-order valence-electron chi connectivity index (χ0n) is 24.0. The second kappa shape index (κ2) is 18.5. The SMILES string of the molecule is CC.CCCCC(C)=Nc1c(N)nc2ccccc2c1C.CCCCCNCc1ccc(CC)cc1. The van der Waals surface area contributed by atoms with Gasteiger partial charge in [-0.05, 0) is 68.8 Å². The first-order valence-corrected chi connectivity index (χ1v) is 14.0. The van der Waals surface area contributed by atoms with E-state index in [-0.39, 0.29) is 0 Å². The Morgan fingerprint density at radius 3 is 2.17 bits per heavy atom. The van der Waals surface area contributed by atoms with Gasteiger partial charge in [0, 0.05) is 17.6 Å². The highest BCUT2D eigenvalue weighted by molar-refractivity contribution is 5.93. The fraction of sp³-hybridized carbons (Fsp3) is 0.500. The van der Waals surface area contributed by atoms with Crippen LogP contribution in [0.3, 0.4) is 0 Å². The summed E-state index contributed by atoms with van der Waals surface area (Å²) in [6, 6.07) is 16.9. The molecular formula is C32H50N4. The number of aliphatic imine (C=N–C) groups is 1. The van der Waals surface area contributed by atoms with Crippen LogP contribution in [-0.4, -0.2) is 17.2 Å². The van der Waals surface area contributed by atoms with Crippen molar-refractivity contribution in [2.45, 2.75) is 100.0 Å². The van der Waals surface area contributed by atoms with E-state index in [1.165, 1.54) is 36.8 Å². The number of fused-ring (bicyclic) bond motifs is 1. The number of hydrogen-bond acceptors (Lipinski definition) is 4. The van der Waals surface area contributed by atoms with Crippen LogP contribution < -0.4 is 11.1 Å². The highest BCUT2D eigenvalue weighted by Crippen LogP contribution is 2.31. The Balaban J connectivity index is 0.000000346. The molecule has 4 nitrogen and oxygen atoms in total. The highest BCUT2D eigenvalue weighted by Gasteiger charge is 2.09. The lowest BCUT2D eigenvalue weighted by Crippen LogP contribution is -2.14. The summed E-state index contributed by atoms with van der Waals surface area (Å²) in [6.07, 6.45) is 8.41. The molecule has 0 fully saturated rings. The number of para-hydroxylation sites is 1. The molecule has 0 saturated carbocycles. The standard InChI is InChI=1S/C16H21N3.C14H23N.C2H6/c1-4-5-8-11(2)18-15-12(3)13-9-6-7-10-14(13)19-16(15)17;1-3-5-6-11-15-12-14-9-7-13(4-2)8-10-14;1-2/h6-7,9-10H,4-5,8H2,1-3H3,(H2,17,19);7-10,15H,3-6,11-12H2,1-2H3;1-2H3. The molecule has 0 saturated heterocycles. The third-order valence-electron chi connectivity index (χ3n) is 6.06. The van der Waals surface area contributed by atoms with E-state index in [2.05, 4.69) is 80.2 Å². The topological polar surface area (TPSA) is 63.3 Å². The molecule has 1 aromatic heterocycles. The number of nitrogen functional groups attached to an aromatic ring is 1. The Morgan fingerprint density at radius 1 is 0.889 bits per heavy atom. The number of nitrogens with two attached hydrogens (primary N) is 1. The number of aryl methyl sites for hydroxylation is 2. The second-order valence-corrected chi connectivity index (χ2v) is 8.99. The van der Waals surface area contributed by atoms with Gasteiger partial charge >= 0.3 is 0 Å². The molecule has 0 radical (unpaired) electrons. The van der Waals surface area contributed by atoms with E-state index in [1.807, 2.05) is 32.0 Å². The van der Waals surface area contributed by atoms with Crippen molar-refractivity contribution >= 4 is 28.1 Å². The predicted molar refractivity (Wildman–Crippen MR) is 162 cm³/mol. The third kappa shape index (κ3) is 10.9. The number of pyridine rings is 1. The molecule has 3 N–H and O–H groups in total. The number of nitrogens with zero attached hydrogens (tertiary/aromatic N) is 2. The van der Waals surface area contributed by atoms with E-state index in [0.717, 1.165) is 60.2 Å². The molecule has 4 heteroatoms. The van der Waals surface area contributed by atoms with E-state index in [4.69, 9.17) is 5.73 Å². The first-order valence-electron chi connectivity index (χ1n) is 14.0. The lowest BCUT2D eigenvalue weighted by atomic mass is 10.1. The quantitative estimate of drug-likeness (QED) is 0.208. The molecule has 198 valence electrons. The Labute approximate surface area is 220 Å². The number of aromatic nitrogens is 1. The van der Waals surface area contributed by atoms with Gasteiger partial charge in [-0.25, -0.2) is 4.98 Å². The van der Waals surface area contributed by atoms with Crippen molar-refractivity contribution in [2.24, 2.45) is 4.99 Å². The van der Waals surface area contributed by atoms with E-state index in [9.17, 15) is 0 Å². The first-order chi connectivity index (χ1) is 17.5. The zero-order valence-corrected chi connectivity index (χ0v) is 24.0. The lowest BCUT2D eigenvalue weighted by Gasteiger charge is -2.09. The molecule has 0 aliphatic heterocycles. The molecular weight excluding hydrogens is 440 g/mol. The molecule has 3 rings (SSSR count). The van der Waals surface area contributed by atoms with Crippen LogP contribution in [0.2, 0.25) is 0 Å². The summed E-state index contributed by atoms with van der Waals surface area (Å²) in [5, 5.41) is 4.60. The van der Waals surface area contributed by atoms with E-state index < -0.39 is 0 Å². The summed E-state index contributed by atoms with van der Waals surface area (Å²) < 4.78 is 0. The fourth-order valence-electron chi connectivity index (χ4n) is 3.84. The lowest BCUT2D eigenvalue weighted by molar-refractivity contribution is 0.617. The number of unbranched alkanes of at least 4 members (excludes halogenated alkanes) is 3. The minimum absolute atomic E-state index is 0.520. The van der Waals surface area contributed by atoms with Gasteiger partial charge in [0.1, 0.15) is 11.5 Å². The van der Waals surface area contributed by atoms with Crippen LogP contribution in [0.15, 0.2) is 53.5 Å². The van der Waals surface area contributed by atoms with Crippen molar-refractivity contribution in [3.8, 4) is 0 Å². The molecule has 0 spiro atoms. The molecule has 0 amide bonds. The Hall–Kier alpha value is -2.72. The van der Waals surface area contributed by atoms with Gasteiger partial charge in [-0.15, -0.1) is 0 Å². The third-order valence-corrected chi connectivity index (χ3v) is 6.06. The predicted octanol–water partition coefficient (Wildman–Crippen LogP) is 8.96. The van der Waals surface area contributed by atoms with Crippen LogP contribution in [-0.2, 0) is 13.0 Å². The number of benzene rings is 2. The molecule has 0 aliphatic rings. The molecule has 0 aliphatic carbocycles. The first kappa shape index (κ1) is 31.3. The largest absolute Gasteiger partial charge is 0.382 e. The van der Waals surface area contributed by atoms with Crippen LogP contribution in [0.5, 0.6) is 0 Å². The van der Waals surface area contributed by atoms with Crippen molar-refractivity contribution < 1.29 is 0 Å². The maximum Gasteiger partial charge on any atom is 0.150 e. The molecule has 1 heterocycles. The summed E-state index contributed by atoms with van der Waals surface area (Å²) in [5.41, 5.74) is 12.8. The average molecular weight is 491 g/mol. The van der Waals surface area contributed by atoms with Gasteiger partial charge < -0.3 is 11.1 Å². The molecule has 3 aromatic rings. The maximum atomic E-state index is 6.05. The van der Waals surface area contributed by atoms with Crippen LogP contribution in [0.25, 0.3) is 10.9 Å². The van der Waals surface area contributed by atoms with E-state index >= 15 is 0 Å². The van der Waals surface area contributed by atoms with Crippen LogP contribution in [0, 0.1) is 6.92 Å². The molecule has 2 aromatic carbocycles. The van der Waals surface area contributed by atoms with Crippen molar-refractivity contribution in [3.63, 3.8) is 0 Å². The Kier molecular flexibility index (Phi) is 16.1. The minimum Gasteiger partial charge on any atom is -0.382 e. The monoisotopic (exact) mass is 490 g/mol. The van der Waals surface area contributed by atoms with Crippen LogP contribution in [0.1, 0.15) is 96.8 Å². The van der Waals surface area contributed by atoms with Gasteiger partial charge in [0.25, 0.3) is 0 Å². The normalized spacial score (nSPS) is 10.9. The van der Waals surface area contributed by atoms with Crippen molar-refractivity contribution in [1.29, 1.82) is 0 Å². The van der Waals surface area contributed by atoms with Gasteiger partial charge in [0.2, 0.25) is 0 Å². The Bertz CT molecular complexity index is 1020. The summed E-state index contributed by atoms with van der Waals surface area (Å²) in [5.74, 6) is 0.520. The van der Waals surface area contributed by atoms with Crippen LogP contribution in [0.4, 0.5) is 11.5 Å². The summed E-state index contributed by atoms with van der Waals surface area (Å²) >= 11 is 0. The van der Waals surface area contributed by atoms with Crippen molar-refractivity contribution in [3.05, 3.63) is 65.2 Å². The van der Waals surface area contributed by atoms with Gasteiger partial charge in [0.15, 0.2) is 0 Å². The van der Waals surface area contributed by atoms with Gasteiger partial charge in [-0.3, -0.25) is 4.99 Å². The molecule has 0 bridgehead atoms. The Morgan fingerprint density at radius 2 is 1.53 bits per heavy atom. The van der Waals surface area contributed by atoms with Gasteiger partial charge in [-0.2, -0.15) is 0 Å². The zero-order chi connectivity index (χ0) is 26.8. The van der Waals surface area contributed by atoms with Crippen molar-refractivity contribution in [2.75, 3.05) is 12.3 Å². The van der Waals surface area contributed by atoms with Gasteiger partial charge in [-0.1, -0.05) is 96.3 Å². The van der Waals surface area contributed by atoms with Crippen molar-refractivity contribution in [1.82, 2.24) is 10.3 Å². The van der Waals surface area contributed by atoms with E-state index in [1.54, 1.807) is 0 Å². The number of anilines is 1.